The van der Waals surface area contributed by atoms with Gasteiger partial charge in [-0.1, -0.05) is 24.1 Å². The van der Waals surface area contributed by atoms with Crippen molar-refractivity contribution in [2.75, 3.05) is 18.4 Å². The Morgan fingerprint density at radius 1 is 0.975 bits per heavy atom. The SMILES string of the molecule is Cc1cc(NC(=O)c2ccc(S(=O)(=O)N3CCCCC3)cc2)n(-c2ncnc3c2cnn3-c2cccc(Cl)c2)n1. The lowest BCUT2D eigenvalue weighted by molar-refractivity contribution is 0.102. The van der Waals surface area contributed by atoms with E-state index in [1.165, 1.54) is 39.6 Å². The van der Waals surface area contributed by atoms with E-state index in [9.17, 15) is 13.2 Å². The predicted octanol–water partition coefficient (Wildman–Crippen LogP) is 4.39. The van der Waals surface area contributed by atoms with Crippen molar-refractivity contribution in [3.63, 3.8) is 0 Å². The first-order valence-electron chi connectivity index (χ1n) is 12.7. The summed E-state index contributed by atoms with van der Waals surface area (Å²) in [7, 11) is -3.59. The molecular weight excluding hydrogens is 552 g/mol. The Labute approximate surface area is 235 Å². The van der Waals surface area contributed by atoms with Gasteiger partial charge in [-0.2, -0.15) is 19.2 Å². The second-order valence-corrected chi connectivity index (χ2v) is 11.9. The van der Waals surface area contributed by atoms with Crippen molar-refractivity contribution in [1.29, 1.82) is 0 Å². The van der Waals surface area contributed by atoms with Crippen molar-refractivity contribution in [2.24, 2.45) is 0 Å². The van der Waals surface area contributed by atoms with E-state index in [4.69, 9.17) is 11.6 Å². The molecule has 13 heteroatoms. The third kappa shape index (κ3) is 4.85. The normalized spacial score (nSPS) is 14.4. The Bertz CT molecular complexity index is 1830. The van der Waals surface area contributed by atoms with E-state index >= 15 is 0 Å². The number of nitrogens with one attached hydrogen (secondary N) is 1. The molecule has 1 saturated heterocycles. The number of piperidine rings is 1. The summed E-state index contributed by atoms with van der Waals surface area (Å²) in [6.07, 6.45) is 5.78. The summed E-state index contributed by atoms with van der Waals surface area (Å²) in [5.74, 6) is 0.413. The molecule has 4 heterocycles. The van der Waals surface area contributed by atoms with Crippen LogP contribution in [-0.4, -0.2) is 61.2 Å². The maximum absolute atomic E-state index is 13.2. The molecule has 1 fully saturated rings. The molecule has 1 N–H and O–H groups in total. The lowest BCUT2D eigenvalue weighted by atomic mass is 10.2. The Morgan fingerprint density at radius 3 is 2.50 bits per heavy atom. The minimum Gasteiger partial charge on any atom is -0.306 e. The molecule has 0 aliphatic carbocycles. The maximum Gasteiger partial charge on any atom is 0.256 e. The molecule has 0 atom stereocenters. The van der Waals surface area contributed by atoms with E-state index in [0.29, 0.717) is 52.0 Å². The quantitative estimate of drug-likeness (QED) is 0.317. The summed E-state index contributed by atoms with van der Waals surface area (Å²) in [5.41, 5.74) is 2.25. The van der Waals surface area contributed by atoms with Gasteiger partial charge in [0.1, 0.15) is 12.1 Å². The molecule has 2 aromatic carbocycles. The van der Waals surface area contributed by atoms with E-state index in [0.717, 1.165) is 24.9 Å². The van der Waals surface area contributed by atoms with Gasteiger partial charge in [0.15, 0.2) is 11.5 Å². The summed E-state index contributed by atoms with van der Waals surface area (Å²) in [5, 5.41) is 13.1. The van der Waals surface area contributed by atoms with Crippen LogP contribution >= 0.6 is 11.6 Å². The van der Waals surface area contributed by atoms with Gasteiger partial charge in [-0.25, -0.2) is 23.1 Å². The minimum atomic E-state index is -3.59. The molecule has 6 rings (SSSR count). The molecule has 0 saturated carbocycles. The fraction of sp³-hybridized carbons (Fsp3) is 0.222. The number of benzene rings is 2. The fourth-order valence-electron chi connectivity index (χ4n) is 4.77. The first-order valence-corrected chi connectivity index (χ1v) is 14.6. The second-order valence-electron chi connectivity index (χ2n) is 9.50. The van der Waals surface area contributed by atoms with E-state index in [1.807, 2.05) is 12.1 Å². The molecule has 11 nitrogen and oxygen atoms in total. The Kier molecular flexibility index (Phi) is 6.82. The van der Waals surface area contributed by atoms with Crippen LogP contribution in [0, 0.1) is 6.92 Å². The zero-order chi connectivity index (χ0) is 27.9. The van der Waals surface area contributed by atoms with Crippen LogP contribution < -0.4 is 5.32 Å². The summed E-state index contributed by atoms with van der Waals surface area (Å²) < 4.78 is 30.6. The third-order valence-corrected chi connectivity index (χ3v) is 8.89. The van der Waals surface area contributed by atoms with Gasteiger partial charge < -0.3 is 5.32 Å². The highest BCUT2D eigenvalue weighted by Crippen LogP contribution is 2.26. The summed E-state index contributed by atoms with van der Waals surface area (Å²) in [6.45, 7) is 2.84. The average molecular weight is 577 g/mol. The highest BCUT2D eigenvalue weighted by Gasteiger charge is 2.26. The summed E-state index contributed by atoms with van der Waals surface area (Å²) in [6, 6.07) is 14.9. The minimum absolute atomic E-state index is 0.173. The second kappa shape index (κ2) is 10.5. The van der Waals surface area contributed by atoms with Crippen molar-refractivity contribution in [3.05, 3.63) is 83.4 Å². The van der Waals surface area contributed by atoms with Crippen molar-refractivity contribution in [3.8, 4) is 11.5 Å². The maximum atomic E-state index is 13.2. The van der Waals surface area contributed by atoms with Crippen LogP contribution in [0.5, 0.6) is 0 Å². The van der Waals surface area contributed by atoms with Crippen LogP contribution in [-0.2, 0) is 10.0 Å². The molecule has 204 valence electrons. The number of amides is 1. The number of anilines is 1. The summed E-state index contributed by atoms with van der Waals surface area (Å²) in [4.78, 5) is 22.2. The molecule has 0 radical (unpaired) electrons. The monoisotopic (exact) mass is 576 g/mol. The number of fused-ring (bicyclic) bond motifs is 1. The number of carbonyl (C=O) groups excluding carboxylic acids is 1. The Balaban J connectivity index is 1.28. The number of hydrogen-bond donors (Lipinski definition) is 1. The van der Waals surface area contributed by atoms with Crippen molar-refractivity contribution in [2.45, 2.75) is 31.1 Å². The van der Waals surface area contributed by atoms with Crippen molar-refractivity contribution >= 4 is 44.4 Å². The first kappa shape index (κ1) is 26.1. The molecule has 0 bridgehead atoms. The summed E-state index contributed by atoms with van der Waals surface area (Å²) >= 11 is 6.17. The fourth-order valence-corrected chi connectivity index (χ4v) is 6.47. The average Bonchev–Trinajstić information content (AvgIpc) is 3.56. The molecule has 1 aliphatic heterocycles. The molecule has 5 aromatic rings. The highest BCUT2D eigenvalue weighted by atomic mass is 35.5. The molecule has 0 spiro atoms. The molecular formula is C27H25ClN8O3S. The van der Waals surface area contributed by atoms with Crippen LogP contribution in [0.25, 0.3) is 22.5 Å². The number of aromatic nitrogens is 6. The van der Waals surface area contributed by atoms with E-state index < -0.39 is 15.9 Å². The number of sulfonamides is 1. The molecule has 3 aromatic heterocycles. The zero-order valence-corrected chi connectivity index (χ0v) is 23.1. The van der Waals surface area contributed by atoms with Gasteiger partial charge >= 0.3 is 0 Å². The lowest BCUT2D eigenvalue weighted by Gasteiger charge is -2.25. The number of hydrogen-bond acceptors (Lipinski definition) is 7. The van der Waals surface area contributed by atoms with Gasteiger partial charge in [-0.15, -0.1) is 0 Å². The van der Waals surface area contributed by atoms with Crippen molar-refractivity contribution < 1.29 is 13.2 Å². The van der Waals surface area contributed by atoms with Gasteiger partial charge in [0.25, 0.3) is 5.91 Å². The molecule has 1 aliphatic rings. The van der Waals surface area contributed by atoms with Crippen LogP contribution in [0.2, 0.25) is 5.02 Å². The van der Waals surface area contributed by atoms with Gasteiger partial charge in [-0.3, -0.25) is 4.79 Å². The topological polar surface area (TPSA) is 128 Å². The molecule has 1 amide bonds. The van der Waals surface area contributed by atoms with Gasteiger partial charge in [-0.05, 0) is 62.2 Å². The zero-order valence-electron chi connectivity index (χ0n) is 21.5. The van der Waals surface area contributed by atoms with Crippen LogP contribution in [0.1, 0.15) is 35.3 Å². The predicted molar refractivity (Wildman–Crippen MR) is 151 cm³/mol. The molecule has 0 unspecified atom stereocenters. The standard InChI is InChI=1S/C27H25ClN8O3S/c1-18-14-24(32-27(37)19-8-10-22(11-9-19)40(38,39)34-12-3-2-4-13-34)36(33-18)26-23-16-31-35(25(23)29-17-30-26)21-7-5-6-20(28)15-21/h5-11,14-17H,2-4,12-13H2,1H3,(H,32,37). The Hall–Kier alpha value is -4.13. The van der Waals surface area contributed by atoms with Crippen LogP contribution in [0.3, 0.4) is 0 Å². The van der Waals surface area contributed by atoms with Crippen LogP contribution in [0.4, 0.5) is 5.82 Å². The Morgan fingerprint density at radius 2 is 1.75 bits per heavy atom. The van der Waals surface area contributed by atoms with Gasteiger partial charge in [0.05, 0.1) is 27.9 Å². The van der Waals surface area contributed by atoms with E-state index in [2.05, 4.69) is 25.5 Å². The van der Waals surface area contributed by atoms with Gasteiger partial charge in [0.2, 0.25) is 10.0 Å². The largest absolute Gasteiger partial charge is 0.306 e. The number of aryl methyl sites for hydroxylation is 1. The number of halogens is 1. The van der Waals surface area contributed by atoms with Gasteiger partial charge in [0, 0.05) is 29.7 Å². The van der Waals surface area contributed by atoms with E-state index in [1.54, 1.807) is 36.0 Å². The smallest absolute Gasteiger partial charge is 0.256 e. The first-order chi connectivity index (χ1) is 19.3. The van der Waals surface area contributed by atoms with Crippen molar-refractivity contribution in [1.82, 2.24) is 33.8 Å². The third-order valence-electron chi connectivity index (χ3n) is 6.74. The molecule has 40 heavy (non-hydrogen) atoms. The number of carbonyl (C=O) groups is 1. The highest BCUT2D eigenvalue weighted by molar-refractivity contribution is 7.89. The van der Waals surface area contributed by atoms with Crippen LogP contribution in [0.15, 0.2) is 72.0 Å². The van der Waals surface area contributed by atoms with E-state index in [-0.39, 0.29) is 4.90 Å². The number of rotatable bonds is 6. The number of nitrogens with zero attached hydrogens (tertiary/aromatic N) is 7. The lowest BCUT2D eigenvalue weighted by Crippen LogP contribution is -2.35.